The van der Waals surface area contributed by atoms with E-state index >= 15 is 0 Å². The minimum Gasteiger partial charge on any atom is -0.350 e. The number of nitrogens with one attached hydrogen (secondary N) is 1. The Kier molecular flexibility index (Phi) is 4.83. The molecule has 3 nitrogen and oxygen atoms in total. The molecule has 0 aromatic heterocycles. The van der Waals surface area contributed by atoms with Crippen molar-refractivity contribution >= 4 is 5.91 Å². The van der Waals surface area contributed by atoms with Crippen LogP contribution in [0.1, 0.15) is 20.3 Å². The molecule has 78 valence electrons. The van der Waals surface area contributed by atoms with E-state index in [0.717, 1.165) is 0 Å². The molecule has 0 aliphatic heterocycles. The summed E-state index contributed by atoms with van der Waals surface area (Å²) in [5, 5.41) is 2.16. The summed E-state index contributed by atoms with van der Waals surface area (Å²) in [5.41, 5.74) is 4.65. The molecule has 0 fully saturated rings. The average Bonchev–Trinajstić information content (AvgIpc) is 2.12. The van der Waals surface area contributed by atoms with Crippen molar-refractivity contribution in [2.75, 3.05) is 13.1 Å². The van der Waals surface area contributed by atoms with Gasteiger partial charge in [0, 0.05) is 6.54 Å². The van der Waals surface area contributed by atoms with E-state index in [9.17, 15) is 13.6 Å². The van der Waals surface area contributed by atoms with E-state index in [0.29, 0.717) is 6.42 Å². The van der Waals surface area contributed by atoms with Crippen LogP contribution in [0.3, 0.4) is 0 Å². The summed E-state index contributed by atoms with van der Waals surface area (Å²) >= 11 is 0. The molecule has 1 amide bonds. The first kappa shape index (κ1) is 12.3. The van der Waals surface area contributed by atoms with Crippen molar-refractivity contribution in [3.8, 4) is 0 Å². The average molecular weight is 194 g/mol. The van der Waals surface area contributed by atoms with Crippen LogP contribution in [0.15, 0.2) is 0 Å². The summed E-state index contributed by atoms with van der Waals surface area (Å²) in [4.78, 5) is 11.3. The second-order valence-electron chi connectivity index (χ2n) is 3.22. The van der Waals surface area contributed by atoms with E-state index in [2.05, 4.69) is 5.32 Å². The van der Waals surface area contributed by atoms with Gasteiger partial charge in [-0.05, 0) is 13.3 Å². The van der Waals surface area contributed by atoms with Crippen LogP contribution in [-0.4, -0.2) is 25.4 Å². The summed E-state index contributed by atoms with van der Waals surface area (Å²) in [6.07, 6.45) is -1.97. The molecular formula is C8H16F2N2O. The van der Waals surface area contributed by atoms with Gasteiger partial charge in [-0.3, -0.25) is 4.79 Å². The second kappa shape index (κ2) is 5.11. The molecule has 0 heterocycles. The molecule has 0 bridgehead atoms. The molecule has 0 radical (unpaired) electrons. The molecule has 0 aliphatic rings. The van der Waals surface area contributed by atoms with Crippen molar-refractivity contribution in [3.05, 3.63) is 0 Å². The third-order valence-corrected chi connectivity index (χ3v) is 2.20. The van der Waals surface area contributed by atoms with Gasteiger partial charge in [0.25, 0.3) is 6.43 Å². The summed E-state index contributed by atoms with van der Waals surface area (Å²) in [6, 6.07) is 0. The molecule has 5 heteroatoms. The highest BCUT2D eigenvalue weighted by atomic mass is 19.3. The molecule has 0 rings (SSSR count). The van der Waals surface area contributed by atoms with Crippen LogP contribution in [0.2, 0.25) is 0 Å². The maximum Gasteiger partial charge on any atom is 0.255 e. The van der Waals surface area contributed by atoms with E-state index in [1.54, 1.807) is 13.8 Å². The highest BCUT2D eigenvalue weighted by molar-refractivity contribution is 5.82. The normalized spacial score (nSPS) is 15.5. The highest BCUT2D eigenvalue weighted by Gasteiger charge is 2.29. The second-order valence-corrected chi connectivity index (χ2v) is 3.22. The first-order valence-electron chi connectivity index (χ1n) is 4.22. The number of alkyl halides is 2. The minimum absolute atomic E-state index is 0.165. The number of carbonyl (C=O) groups is 1. The number of halogens is 2. The van der Waals surface area contributed by atoms with Crippen LogP contribution in [-0.2, 0) is 4.79 Å². The van der Waals surface area contributed by atoms with Crippen LogP contribution in [0.25, 0.3) is 0 Å². The van der Waals surface area contributed by atoms with Crippen molar-refractivity contribution in [1.82, 2.24) is 5.32 Å². The van der Waals surface area contributed by atoms with Crippen LogP contribution in [0.5, 0.6) is 0 Å². The Morgan fingerprint density at radius 1 is 1.62 bits per heavy atom. The Bertz CT molecular complexity index is 170. The van der Waals surface area contributed by atoms with Gasteiger partial charge in [-0.25, -0.2) is 8.78 Å². The zero-order chi connectivity index (χ0) is 10.5. The van der Waals surface area contributed by atoms with Gasteiger partial charge in [0.1, 0.15) is 0 Å². The molecule has 0 saturated heterocycles. The number of nitrogens with two attached hydrogens (primary N) is 1. The Morgan fingerprint density at radius 3 is 2.46 bits per heavy atom. The van der Waals surface area contributed by atoms with E-state index in [1.807, 2.05) is 0 Å². The van der Waals surface area contributed by atoms with E-state index < -0.39 is 24.3 Å². The molecule has 1 unspecified atom stereocenters. The van der Waals surface area contributed by atoms with Crippen LogP contribution < -0.4 is 11.1 Å². The number of amides is 1. The monoisotopic (exact) mass is 194 g/mol. The smallest absolute Gasteiger partial charge is 0.255 e. The lowest BCUT2D eigenvalue weighted by Crippen LogP contribution is -2.44. The van der Waals surface area contributed by atoms with Crippen molar-refractivity contribution in [1.29, 1.82) is 0 Å². The maximum atomic E-state index is 11.7. The molecule has 13 heavy (non-hydrogen) atoms. The first-order valence-corrected chi connectivity index (χ1v) is 4.22. The number of rotatable bonds is 5. The van der Waals surface area contributed by atoms with Crippen LogP contribution in [0.4, 0.5) is 8.78 Å². The number of hydrogen-bond donors (Lipinski definition) is 2. The van der Waals surface area contributed by atoms with Gasteiger partial charge in [0.2, 0.25) is 5.91 Å². The molecule has 0 aliphatic carbocycles. The summed E-state index contributed by atoms with van der Waals surface area (Å²) in [5.74, 6) is -0.405. The third-order valence-electron chi connectivity index (χ3n) is 2.20. The number of carbonyl (C=O) groups excluding carboxylic acids is 1. The fourth-order valence-corrected chi connectivity index (χ4v) is 0.781. The third kappa shape index (κ3) is 3.67. The van der Waals surface area contributed by atoms with Gasteiger partial charge in [-0.1, -0.05) is 6.92 Å². The highest BCUT2D eigenvalue weighted by Crippen LogP contribution is 2.18. The molecule has 0 spiro atoms. The van der Waals surface area contributed by atoms with Gasteiger partial charge < -0.3 is 11.1 Å². The van der Waals surface area contributed by atoms with Gasteiger partial charge in [0.05, 0.1) is 12.0 Å². The lowest BCUT2D eigenvalue weighted by molar-refractivity contribution is -0.130. The zero-order valence-electron chi connectivity index (χ0n) is 7.94. The number of hydrogen-bond acceptors (Lipinski definition) is 2. The summed E-state index contributed by atoms with van der Waals surface area (Å²) in [7, 11) is 0. The fraction of sp³-hybridized carbons (Fsp3) is 0.875. The summed E-state index contributed by atoms with van der Waals surface area (Å²) < 4.78 is 23.5. The molecule has 0 saturated carbocycles. The van der Waals surface area contributed by atoms with Crippen molar-refractivity contribution in [2.24, 2.45) is 11.1 Å². The van der Waals surface area contributed by atoms with E-state index in [1.165, 1.54) is 0 Å². The van der Waals surface area contributed by atoms with Gasteiger partial charge >= 0.3 is 0 Å². The fourth-order valence-electron chi connectivity index (χ4n) is 0.781. The van der Waals surface area contributed by atoms with Gasteiger partial charge in [0.15, 0.2) is 0 Å². The Morgan fingerprint density at radius 2 is 2.15 bits per heavy atom. The SMILES string of the molecule is CCC(C)(CN)C(=O)NCC(F)F. The standard InChI is InChI=1S/C8H16F2N2O/c1-3-8(2,5-11)7(13)12-4-6(9)10/h6H,3-5,11H2,1-2H3,(H,12,13). The lowest BCUT2D eigenvalue weighted by Gasteiger charge is -2.24. The molecule has 3 N–H and O–H groups in total. The molecular weight excluding hydrogens is 178 g/mol. The Balaban J connectivity index is 4.07. The first-order chi connectivity index (χ1) is 5.96. The predicted molar refractivity (Wildman–Crippen MR) is 46.5 cm³/mol. The summed E-state index contributed by atoms with van der Waals surface area (Å²) in [6.45, 7) is 3.02. The Hall–Kier alpha value is -0.710. The van der Waals surface area contributed by atoms with E-state index in [4.69, 9.17) is 5.73 Å². The van der Waals surface area contributed by atoms with Crippen molar-refractivity contribution < 1.29 is 13.6 Å². The topological polar surface area (TPSA) is 55.1 Å². The molecule has 0 aromatic rings. The van der Waals surface area contributed by atoms with E-state index in [-0.39, 0.29) is 6.54 Å². The van der Waals surface area contributed by atoms with Crippen molar-refractivity contribution in [3.63, 3.8) is 0 Å². The van der Waals surface area contributed by atoms with Gasteiger partial charge in [-0.2, -0.15) is 0 Å². The molecule has 1 atom stereocenters. The lowest BCUT2D eigenvalue weighted by atomic mass is 9.87. The van der Waals surface area contributed by atoms with Gasteiger partial charge in [-0.15, -0.1) is 0 Å². The van der Waals surface area contributed by atoms with Crippen LogP contribution in [0, 0.1) is 5.41 Å². The maximum absolute atomic E-state index is 11.7. The minimum atomic E-state index is -2.51. The largest absolute Gasteiger partial charge is 0.350 e. The van der Waals surface area contributed by atoms with Crippen molar-refractivity contribution in [2.45, 2.75) is 26.7 Å². The quantitative estimate of drug-likeness (QED) is 0.678. The Labute approximate surface area is 76.7 Å². The molecule has 0 aromatic carbocycles. The van der Waals surface area contributed by atoms with Crippen LogP contribution >= 0.6 is 0 Å². The zero-order valence-corrected chi connectivity index (χ0v) is 7.94. The predicted octanol–water partition coefficient (Wildman–Crippen LogP) is 0.743.